The lowest BCUT2D eigenvalue weighted by Crippen LogP contribution is -2.57. The van der Waals surface area contributed by atoms with Gasteiger partial charge in [-0.05, 0) is 0 Å². The molecule has 4 N–H and O–H groups in total. The zero-order chi connectivity index (χ0) is 13.2. The van der Waals surface area contributed by atoms with Gasteiger partial charge in [-0.25, -0.2) is 0 Å². The van der Waals surface area contributed by atoms with Gasteiger partial charge in [0.2, 0.25) is 0 Å². The van der Waals surface area contributed by atoms with Crippen LogP contribution in [-0.2, 0) is 4.74 Å². The first-order valence-electron chi connectivity index (χ1n) is 5.07. The predicted molar refractivity (Wildman–Crippen MR) is 67.6 cm³/mol. The van der Waals surface area contributed by atoms with E-state index in [0.29, 0.717) is 4.32 Å². The Bertz CT molecular complexity index is 276. The largest absolute Gasteiger partial charge is 0.394 e. The fourth-order valence-electron chi connectivity index (χ4n) is 1.37. The molecule has 17 heavy (non-hydrogen) atoms. The lowest BCUT2D eigenvalue weighted by molar-refractivity contribution is -0.205. The van der Waals surface area contributed by atoms with Gasteiger partial charge in [-0.1, -0.05) is 24.0 Å². The standard InChI is InChI=1S/C9H17NO5S2/c1-10(2)9(16)17-8-7(14)6(13)5(12)4(3-11)15-8/h4-8,11-14H,3H2,1-2H3/t4-,5-,6+,7-,8+/m1/s1. The van der Waals surface area contributed by atoms with Crippen molar-refractivity contribution in [3.05, 3.63) is 0 Å². The van der Waals surface area contributed by atoms with Crippen molar-refractivity contribution in [2.75, 3.05) is 20.7 Å². The molecule has 1 heterocycles. The van der Waals surface area contributed by atoms with Crippen molar-refractivity contribution in [3.8, 4) is 0 Å². The fourth-order valence-corrected chi connectivity index (χ4v) is 2.56. The van der Waals surface area contributed by atoms with Crippen molar-refractivity contribution in [2.24, 2.45) is 0 Å². The maximum absolute atomic E-state index is 9.74. The third kappa shape index (κ3) is 3.50. The van der Waals surface area contributed by atoms with E-state index in [-0.39, 0.29) is 0 Å². The molecule has 0 amide bonds. The van der Waals surface area contributed by atoms with E-state index in [1.807, 2.05) is 0 Å². The summed E-state index contributed by atoms with van der Waals surface area (Å²) in [5.74, 6) is 0. The van der Waals surface area contributed by atoms with E-state index in [2.05, 4.69) is 0 Å². The number of thiocarbonyl (C=S) groups is 1. The van der Waals surface area contributed by atoms with Crippen LogP contribution < -0.4 is 0 Å². The van der Waals surface area contributed by atoms with Crippen molar-refractivity contribution in [3.63, 3.8) is 0 Å². The van der Waals surface area contributed by atoms with E-state index < -0.39 is 36.5 Å². The molecule has 1 saturated heterocycles. The Balaban J connectivity index is 2.69. The predicted octanol–water partition coefficient (Wildman–Crippen LogP) is -1.63. The van der Waals surface area contributed by atoms with Crippen molar-refractivity contribution in [1.29, 1.82) is 0 Å². The molecule has 1 aliphatic rings. The van der Waals surface area contributed by atoms with Crippen LogP contribution in [0.4, 0.5) is 0 Å². The van der Waals surface area contributed by atoms with Crippen LogP contribution in [0.25, 0.3) is 0 Å². The molecule has 0 spiro atoms. The molecule has 0 aromatic rings. The van der Waals surface area contributed by atoms with Gasteiger partial charge in [-0.2, -0.15) is 0 Å². The monoisotopic (exact) mass is 283 g/mol. The third-order valence-corrected chi connectivity index (χ3v) is 4.27. The summed E-state index contributed by atoms with van der Waals surface area (Å²) in [6.45, 7) is -0.434. The molecule has 8 heteroatoms. The summed E-state index contributed by atoms with van der Waals surface area (Å²) in [5, 5.41) is 37.9. The van der Waals surface area contributed by atoms with Crippen molar-refractivity contribution < 1.29 is 25.2 Å². The lowest BCUT2D eigenvalue weighted by Gasteiger charge is -2.39. The van der Waals surface area contributed by atoms with Gasteiger partial charge in [0, 0.05) is 14.1 Å². The number of hydrogen-bond acceptors (Lipinski definition) is 7. The number of ether oxygens (including phenoxy) is 1. The Hall–Kier alpha value is 0.0400. The molecule has 1 rings (SSSR count). The number of nitrogens with zero attached hydrogens (tertiary/aromatic N) is 1. The molecule has 1 fully saturated rings. The molecule has 0 bridgehead atoms. The first kappa shape index (κ1) is 15.1. The number of hydrogen-bond donors (Lipinski definition) is 4. The van der Waals surface area contributed by atoms with Gasteiger partial charge < -0.3 is 30.1 Å². The molecule has 0 radical (unpaired) electrons. The van der Waals surface area contributed by atoms with Gasteiger partial charge in [0.25, 0.3) is 0 Å². The molecule has 1 aliphatic heterocycles. The van der Waals surface area contributed by atoms with Crippen LogP contribution in [0, 0.1) is 0 Å². The van der Waals surface area contributed by atoms with Crippen LogP contribution in [0.3, 0.4) is 0 Å². The molecule has 5 atom stereocenters. The van der Waals surface area contributed by atoms with Crippen LogP contribution in [0.2, 0.25) is 0 Å². The van der Waals surface area contributed by atoms with Gasteiger partial charge in [-0.15, -0.1) is 0 Å². The minimum absolute atomic E-state index is 0.434. The minimum Gasteiger partial charge on any atom is -0.394 e. The quantitative estimate of drug-likeness (QED) is 0.449. The van der Waals surface area contributed by atoms with E-state index in [1.165, 1.54) is 0 Å². The van der Waals surface area contributed by atoms with Gasteiger partial charge in [0.1, 0.15) is 34.2 Å². The molecule has 100 valence electrons. The Morgan fingerprint density at radius 2 is 1.82 bits per heavy atom. The van der Waals surface area contributed by atoms with Gasteiger partial charge in [-0.3, -0.25) is 0 Å². The zero-order valence-corrected chi connectivity index (χ0v) is 11.2. The molecular formula is C9H17NO5S2. The minimum atomic E-state index is -1.36. The fraction of sp³-hybridized carbons (Fsp3) is 0.889. The topological polar surface area (TPSA) is 93.4 Å². The van der Waals surface area contributed by atoms with E-state index in [4.69, 9.17) is 22.1 Å². The van der Waals surface area contributed by atoms with Crippen molar-refractivity contribution in [2.45, 2.75) is 29.9 Å². The summed E-state index contributed by atoms with van der Waals surface area (Å²) >= 11 is 6.11. The van der Waals surface area contributed by atoms with Gasteiger partial charge in [0.15, 0.2) is 0 Å². The first-order valence-corrected chi connectivity index (χ1v) is 6.35. The van der Waals surface area contributed by atoms with Crippen LogP contribution in [-0.4, -0.2) is 80.2 Å². The van der Waals surface area contributed by atoms with E-state index >= 15 is 0 Å². The van der Waals surface area contributed by atoms with Gasteiger partial charge in [0.05, 0.1) is 6.61 Å². The molecular weight excluding hydrogens is 266 g/mol. The van der Waals surface area contributed by atoms with E-state index in [9.17, 15) is 15.3 Å². The highest BCUT2D eigenvalue weighted by Gasteiger charge is 2.44. The summed E-state index contributed by atoms with van der Waals surface area (Å²) in [6.07, 6.45) is -4.84. The van der Waals surface area contributed by atoms with Crippen LogP contribution in [0.5, 0.6) is 0 Å². The molecule has 0 aromatic heterocycles. The van der Waals surface area contributed by atoms with Crippen LogP contribution in [0.1, 0.15) is 0 Å². The lowest BCUT2D eigenvalue weighted by atomic mass is 10.0. The smallest absolute Gasteiger partial charge is 0.139 e. The molecule has 6 nitrogen and oxygen atoms in total. The second-order valence-electron chi connectivity index (χ2n) is 3.98. The summed E-state index contributed by atoms with van der Waals surface area (Å²) in [7, 11) is 3.50. The summed E-state index contributed by atoms with van der Waals surface area (Å²) in [6, 6.07) is 0. The molecule has 0 aliphatic carbocycles. The highest BCUT2D eigenvalue weighted by atomic mass is 32.2. The van der Waals surface area contributed by atoms with E-state index in [1.54, 1.807) is 19.0 Å². The average molecular weight is 283 g/mol. The number of rotatable bonds is 2. The average Bonchev–Trinajstić information content (AvgIpc) is 2.29. The summed E-state index contributed by atoms with van der Waals surface area (Å²) in [4.78, 5) is 1.67. The number of thioether (sulfide) groups is 1. The normalized spacial score (nSPS) is 37.9. The SMILES string of the molecule is CN(C)C(=S)S[C@@H]1O[C@H](CO)[C@@H](O)[C@H](O)[C@H]1O. The van der Waals surface area contributed by atoms with Gasteiger partial charge >= 0.3 is 0 Å². The Labute approximate surface area is 109 Å². The first-order chi connectivity index (χ1) is 7.88. The third-order valence-electron chi connectivity index (χ3n) is 2.43. The number of aliphatic hydroxyl groups excluding tert-OH is 4. The Kier molecular flexibility index (Phi) is 5.58. The summed E-state index contributed by atoms with van der Waals surface area (Å²) in [5.41, 5.74) is -0.805. The Morgan fingerprint density at radius 1 is 1.24 bits per heavy atom. The van der Waals surface area contributed by atoms with Crippen molar-refractivity contribution in [1.82, 2.24) is 4.90 Å². The molecule has 0 aromatic carbocycles. The highest BCUT2D eigenvalue weighted by Crippen LogP contribution is 2.29. The Morgan fingerprint density at radius 3 is 2.29 bits per heavy atom. The molecule has 0 saturated carbocycles. The maximum Gasteiger partial charge on any atom is 0.139 e. The van der Waals surface area contributed by atoms with Crippen LogP contribution >= 0.6 is 24.0 Å². The molecule has 0 unspecified atom stereocenters. The maximum atomic E-state index is 9.74. The van der Waals surface area contributed by atoms with Crippen molar-refractivity contribution >= 4 is 28.3 Å². The second-order valence-corrected chi connectivity index (χ2v) is 5.71. The van der Waals surface area contributed by atoms with E-state index in [0.717, 1.165) is 11.8 Å². The van der Waals surface area contributed by atoms with Crippen LogP contribution in [0.15, 0.2) is 0 Å². The zero-order valence-electron chi connectivity index (χ0n) is 9.55. The second kappa shape index (κ2) is 6.28. The summed E-state index contributed by atoms with van der Waals surface area (Å²) < 4.78 is 5.77. The highest BCUT2D eigenvalue weighted by molar-refractivity contribution is 8.23. The number of aliphatic hydroxyl groups is 4.